The number of nitrogens with one attached hydrogen (secondary N) is 1. The summed E-state index contributed by atoms with van der Waals surface area (Å²) in [6.07, 6.45) is 5.61. The van der Waals surface area contributed by atoms with E-state index in [-0.39, 0.29) is 5.91 Å². The maximum atomic E-state index is 12.4. The smallest absolute Gasteiger partial charge is 0.268 e. The number of hydrogen-bond donors (Lipinski definition) is 2. The minimum atomic E-state index is -0.0151. The minimum Gasteiger partial charge on any atom is -0.347 e. The van der Waals surface area contributed by atoms with Gasteiger partial charge in [0.15, 0.2) is 0 Å². The SMILES string of the molecule is NCc1ccccc1CNC(=O)c1cccn1C1CCC1. The predicted octanol–water partition coefficient (Wildman–Crippen LogP) is 2.60. The fourth-order valence-electron chi connectivity index (χ4n) is 2.76. The quantitative estimate of drug-likeness (QED) is 0.886. The molecule has 0 saturated heterocycles. The Balaban J connectivity index is 1.68. The molecule has 3 N–H and O–H groups in total. The van der Waals surface area contributed by atoms with Crippen LogP contribution < -0.4 is 11.1 Å². The zero-order valence-electron chi connectivity index (χ0n) is 12.1. The Hall–Kier alpha value is -2.07. The molecule has 21 heavy (non-hydrogen) atoms. The van der Waals surface area contributed by atoms with E-state index in [1.165, 1.54) is 19.3 Å². The number of hydrogen-bond acceptors (Lipinski definition) is 2. The molecule has 0 unspecified atom stereocenters. The van der Waals surface area contributed by atoms with Crippen molar-refractivity contribution in [2.45, 2.75) is 38.4 Å². The number of nitrogens with zero attached hydrogens (tertiary/aromatic N) is 1. The van der Waals surface area contributed by atoms with Crippen LogP contribution >= 0.6 is 0 Å². The second kappa shape index (κ2) is 6.14. The summed E-state index contributed by atoms with van der Waals surface area (Å²) in [7, 11) is 0. The summed E-state index contributed by atoms with van der Waals surface area (Å²) in [5.41, 5.74) is 8.63. The van der Waals surface area contributed by atoms with Crippen LogP contribution in [0.15, 0.2) is 42.6 Å². The standard InChI is InChI=1S/C17H21N3O/c18-11-13-5-1-2-6-14(13)12-19-17(21)16-9-4-10-20(16)15-7-3-8-15/h1-2,4-6,9-10,15H,3,7-8,11-12,18H2,(H,19,21). The van der Waals surface area contributed by atoms with Crippen LogP contribution in [0, 0.1) is 0 Å². The highest BCUT2D eigenvalue weighted by Crippen LogP contribution is 2.32. The molecular weight excluding hydrogens is 262 g/mol. The lowest BCUT2D eigenvalue weighted by molar-refractivity contribution is 0.0935. The summed E-state index contributed by atoms with van der Waals surface area (Å²) < 4.78 is 2.10. The maximum Gasteiger partial charge on any atom is 0.268 e. The van der Waals surface area contributed by atoms with Crippen molar-refractivity contribution < 1.29 is 4.79 Å². The molecule has 0 spiro atoms. The molecule has 2 aromatic rings. The third-order valence-corrected chi connectivity index (χ3v) is 4.26. The lowest BCUT2D eigenvalue weighted by Crippen LogP contribution is -2.28. The monoisotopic (exact) mass is 283 g/mol. The molecule has 1 aliphatic carbocycles. The number of carbonyl (C=O) groups excluding carboxylic acids is 1. The third-order valence-electron chi connectivity index (χ3n) is 4.26. The van der Waals surface area contributed by atoms with Crippen LogP contribution in [0.4, 0.5) is 0 Å². The number of nitrogens with two attached hydrogens (primary N) is 1. The Morgan fingerprint density at radius 1 is 1.19 bits per heavy atom. The molecule has 110 valence electrons. The van der Waals surface area contributed by atoms with E-state index < -0.39 is 0 Å². The summed E-state index contributed by atoms with van der Waals surface area (Å²) in [6, 6.07) is 12.3. The first kappa shape index (κ1) is 13.9. The maximum absolute atomic E-state index is 12.4. The van der Waals surface area contributed by atoms with E-state index in [1.807, 2.05) is 42.6 Å². The number of aromatic nitrogens is 1. The van der Waals surface area contributed by atoms with E-state index in [1.54, 1.807) is 0 Å². The number of rotatable bonds is 5. The van der Waals surface area contributed by atoms with Crippen molar-refractivity contribution in [2.24, 2.45) is 5.73 Å². The predicted molar refractivity (Wildman–Crippen MR) is 82.8 cm³/mol. The van der Waals surface area contributed by atoms with Gasteiger partial charge in [0.25, 0.3) is 5.91 Å². The summed E-state index contributed by atoms with van der Waals surface area (Å²) in [6.45, 7) is 1.01. The van der Waals surface area contributed by atoms with Crippen LogP contribution in [-0.2, 0) is 13.1 Å². The van der Waals surface area contributed by atoms with Crippen LogP contribution in [0.1, 0.15) is 46.9 Å². The van der Waals surface area contributed by atoms with Gasteiger partial charge in [0, 0.05) is 25.3 Å². The van der Waals surface area contributed by atoms with Crippen molar-refractivity contribution >= 4 is 5.91 Å². The molecule has 1 fully saturated rings. The molecule has 4 nitrogen and oxygen atoms in total. The average molecular weight is 283 g/mol. The van der Waals surface area contributed by atoms with Crippen molar-refractivity contribution in [2.75, 3.05) is 0 Å². The number of amides is 1. The highest BCUT2D eigenvalue weighted by atomic mass is 16.1. The summed E-state index contributed by atoms with van der Waals surface area (Å²) in [5.74, 6) is -0.0151. The van der Waals surface area contributed by atoms with Crippen LogP contribution in [0.25, 0.3) is 0 Å². The van der Waals surface area contributed by atoms with Crippen molar-refractivity contribution in [1.29, 1.82) is 0 Å². The molecular formula is C17H21N3O. The van der Waals surface area contributed by atoms with E-state index in [2.05, 4.69) is 9.88 Å². The molecule has 0 radical (unpaired) electrons. The first-order valence-electron chi connectivity index (χ1n) is 7.51. The Kier molecular flexibility index (Phi) is 4.06. The Bertz CT molecular complexity index is 628. The van der Waals surface area contributed by atoms with Gasteiger partial charge in [-0.15, -0.1) is 0 Å². The molecule has 0 aliphatic heterocycles. The lowest BCUT2D eigenvalue weighted by atomic mass is 9.93. The second-order valence-corrected chi connectivity index (χ2v) is 5.54. The van der Waals surface area contributed by atoms with Gasteiger partial charge in [-0.25, -0.2) is 0 Å². The summed E-state index contributed by atoms with van der Waals surface area (Å²) >= 11 is 0. The van der Waals surface area contributed by atoms with Crippen LogP contribution in [0.2, 0.25) is 0 Å². The zero-order chi connectivity index (χ0) is 14.7. The Morgan fingerprint density at radius 3 is 2.62 bits per heavy atom. The first-order valence-corrected chi connectivity index (χ1v) is 7.51. The van der Waals surface area contributed by atoms with Gasteiger partial charge >= 0.3 is 0 Å². The van der Waals surface area contributed by atoms with Gasteiger partial charge in [-0.1, -0.05) is 24.3 Å². The molecule has 3 rings (SSSR count). The van der Waals surface area contributed by atoms with Gasteiger partial charge in [-0.05, 0) is 42.5 Å². The Morgan fingerprint density at radius 2 is 1.95 bits per heavy atom. The molecule has 1 aromatic carbocycles. The largest absolute Gasteiger partial charge is 0.347 e. The fraction of sp³-hybridized carbons (Fsp3) is 0.353. The Labute approximate surface area is 125 Å². The molecule has 1 amide bonds. The minimum absolute atomic E-state index is 0.0151. The van der Waals surface area contributed by atoms with Gasteiger partial charge < -0.3 is 15.6 Å². The van der Waals surface area contributed by atoms with Crippen LogP contribution in [0.5, 0.6) is 0 Å². The summed E-state index contributed by atoms with van der Waals surface area (Å²) in [5, 5.41) is 3.00. The van der Waals surface area contributed by atoms with E-state index in [0.717, 1.165) is 16.8 Å². The van der Waals surface area contributed by atoms with E-state index >= 15 is 0 Å². The molecule has 1 heterocycles. The number of benzene rings is 1. The highest BCUT2D eigenvalue weighted by molar-refractivity contribution is 5.92. The van der Waals surface area contributed by atoms with Crippen LogP contribution in [0.3, 0.4) is 0 Å². The average Bonchev–Trinajstić information content (AvgIpc) is 2.92. The van der Waals surface area contributed by atoms with Crippen molar-refractivity contribution in [3.05, 3.63) is 59.4 Å². The van der Waals surface area contributed by atoms with E-state index in [0.29, 0.717) is 19.1 Å². The molecule has 1 saturated carbocycles. The fourth-order valence-corrected chi connectivity index (χ4v) is 2.76. The first-order chi connectivity index (χ1) is 10.3. The molecule has 1 aliphatic rings. The molecule has 0 atom stereocenters. The van der Waals surface area contributed by atoms with E-state index in [4.69, 9.17) is 5.73 Å². The normalized spacial score (nSPS) is 14.7. The van der Waals surface area contributed by atoms with Gasteiger partial charge in [0.05, 0.1) is 0 Å². The van der Waals surface area contributed by atoms with Crippen molar-refractivity contribution in [1.82, 2.24) is 9.88 Å². The van der Waals surface area contributed by atoms with Gasteiger partial charge in [-0.2, -0.15) is 0 Å². The number of carbonyl (C=O) groups is 1. The third kappa shape index (κ3) is 2.85. The second-order valence-electron chi connectivity index (χ2n) is 5.54. The van der Waals surface area contributed by atoms with E-state index in [9.17, 15) is 4.79 Å². The lowest BCUT2D eigenvalue weighted by Gasteiger charge is -2.28. The van der Waals surface area contributed by atoms with Gasteiger partial charge in [-0.3, -0.25) is 4.79 Å². The van der Waals surface area contributed by atoms with Crippen LogP contribution in [-0.4, -0.2) is 10.5 Å². The van der Waals surface area contributed by atoms with Crippen molar-refractivity contribution in [3.63, 3.8) is 0 Å². The highest BCUT2D eigenvalue weighted by Gasteiger charge is 2.23. The van der Waals surface area contributed by atoms with Gasteiger partial charge in [0.2, 0.25) is 0 Å². The molecule has 1 aromatic heterocycles. The molecule has 0 bridgehead atoms. The van der Waals surface area contributed by atoms with Crippen molar-refractivity contribution in [3.8, 4) is 0 Å². The topological polar surface area (TPSA) is 60.0 Å². The zero-order valence-corrected chi connectivity index (χ0v) is 12.1. The summed E-state index contributed by atoms with van der Waals surface area (Å²) in [4.78, 5) is 12.4. The van der Waals surface area contributed by atoms with Gasteiger partial charge in [0.1, 0.15) is 5.69 Å². The molecule has 4 heteroatoms.